The number of cyclic esters (lactones) is 1. The molecule has 1 amide bonds. The summed E-state index contributed by atoms with van der Waals surface area (Å²) in [4.78, 5) is 30.0. The number of esters is 1. The van der Waals surface area contributed by atoms with Gasteiger partial charge in [0, 0.05) is 19.7 Å². The predicted octanol–water partition coefficient (Wildman–Crippen LogP) is 3.95. The van der Waals surface area contributed by atoms with E-state index in [9.17, 15) is 9.59 Å². The van der Waals surface area contributed by atoms with Crippen molar-refractivity contribution in [3.63, 3.8) is 0 Å². The monoisotopic (exact) mass is 472 g/mol. The Morgan fingerprint density at radius 3 is 2.42 bits per heavy atom. The van der Waals surface area contributed by atoms with Gasteiger partial charge in [-0.05, 0) is 61.9 Å². The smallest absolute Gasteiger partial charge is 0.363 e. The highest BCUT2D eigenvalue weighted by Crippen LogP contribution is 2.37. The van der Waals surface area contributed by atoms with E-state index in [4.69, 9.17) is 30.5 Å². The highest BCUT2D eigenvalue weighted by atomic mass is 35.5. The molecule has 0 radical (unpaired) electrons. The summed E-state index contributed by atoms with van der Waals surface area (Å²) >= 11 is 6.40. The van der Waals surface area contributed by atoms with E-state index in [-0.39, 0.29) is 34.9 Å². The third-order valence-electron chi connectivity index (χ3n) is 4.51. The fourth-order valence-corrected chi connectivity index (χ4v) is 3.16. The first kappa shape index (κ1) is 24.1. The molecule has 3 rings (SSSR count). The molecule has 0 aromatic heterocycles. The van der Waals surface area contributed by atoms with Gasteiger partial charge in [0.1, 0.15) is 5.75 Å². The third kappa shape index (κ3) is 6.04. The summed E-state index contributed by atoms with van der Waals surface area (Å²) in [5.74, 6) is 0.727. The summed E-state index contributed by atoms with van der Waals surface area (Å²) in [5, 5.41) is 0.237. The van der Waals surface area contributed by atoms with Gasteiger partial charge in [-0.15, -0.1) is 0 Å². The van der Waals surface area contributed by atoms with Crippen LogP contribution in [0.15, 0.2) is 47.1 Å². The Kier molecular flexibility index (Phi) is 7.95. The zero-order valence-corrected chi connectivity index (χ0v) is 19.6. The van der Waals surface area contributed by atoms with Crippen LogP contribution in [0.2, 0.25) is 5.02 Å². The number of halogens is 1. The fraction of sp³-hybridized carbons (Fsp3) is 0.292. The summed E-state index contributed by atoms with van der Waals surface area (Å²) in [5.41, 5.74) is 1.34. The Labute approximate surface area is 197 Å². The van der Waals surface area contributed by atoms with Gasteiger partial charge in [0.15, 0.2) is 23.8 Å². The van der Waals surface area contributed by atoms with Gasteiger partial charge >= 0.3 is 5.97 Å². The molecule has 33 heavy (non-hydrogen) atoms. The molecular formula is C24H25ClN2O6. The molecule has 0 atom stereocenters. The molecule has 0 N–H and O–H groups in total. The predicted molar refractivity (Wildman–Crippen MR) is 125 cm³/mol. The Morgan fingerprint density at radius 1 is 1.09 bits per heavy atom. The summed E-state index contributed by atoms with van der Waals surface area (Å²) in [6, 6.07) is 10.4. The summed E-state index contributed by atoms with van der Waals surface area (Å²) in [6.45, 7) is 4.45. The van der Waals surface area contributed by atoms with Crippen LogP contribution >= 0.6 is 11.6 Å². The van der Waals surface area contributed by atoms with E-state index in [1.165, 1.54) is 4.90 Å². The average Bonchev–Trinajstić information content (AvgIpc) is 3.14. The van der Waals surface area contributed by atoms with Gasteiger partial charge in [-0.2, -0.15) is 0 Å². The lowest BCUT2D eigenvalue weighted by Gasteiger charge is -2.16. The zero-order valence-electron chi connectivity index (χ0n) is 18.9. The molecule has 8 nitrogen and oxygen atoms in total. The van der Waals surface area contributed by atoms with Crippen LogP contribution in [-0.2, 0) is 14.3 Å². The van der Waals surface area contributed by atoms with Gasteiger partial charge in [-0.25, -0.2) is 9.79 Å². The maximum Gasteiger partial charge on any atom is 0.363 e. The Morgan fingerprint density at radius 2 is 1.79 bits per heavy atom. The minimum Gasteiger partial charge on any atom is -0.494 e. The number of carbonyl (C=O) groups excluding carboxylic acids is 2. The maximum absolute atomic E-state index is 12.4. The van der Waals surface area contributed by atoms with Crippen LogP contribution < -0.4 is 14.2 Å². The third-order valence-corrected chi connectivity index (χ3v) is 4.79. The molecule has 2 aromatic carbocycles. The van der Waals surface area contributed by atoms with E-state index < -0.39 is 5.97 Å². The van der Waals surface area contributed by atoms with Gasteiger partial charge in [-0.3, -0.25) is 4.79 Å². The first-order valence-corrected chi connectivity index (χ1v) is 10.7. The summed E-state index contributed by atoms with van der Waals surface area (Å²) in [7, 11) is 3.27. The topological polar surface area (TPSA) is 86.7 Å². The second-order valence-electron chi connectivity index (χ2n) is 7.13. The molecule has 0 saturated carbocycles. The molecule has 0 aliphatic carbocycles. The van der Waals surface area contributed by atoms with Gasteiger partial charge < -0.3 is 23.8 Å². The Hall–Kier alpha value is -3.52. The summed E-state index contributed by atoms with van der Waals surface area (Å²) in [6.07, 6.45) is 1.55. The molecule has 1 aliphatic rings. The van der Waals surface area contributed by atoms with E-state index in [2.05, 4.69) is 4.99 Å². The van der Waals surface area contributed by atoms with E-state index in [0.29, 0.717) is 30.1 Å². The van der Waals surface area contributed by atoms with Crippen molar-refractivity contribution in [3.8, 4) is 17.2 Å². The van der Waals surface area contributed by atoms with Gasteiger partial charge in [-0.1, -0.05) is 11.6 Å². The van der Waals surface area contributed by atoms with Crippen LogP contribution in [0, 0.1) is 0 Å². The van der Waals surface area contributed by atoms with Crippen molar-refractivity contribution in [3.05, 3.63) is 58.2 Å². The SMILES string of the molecule is CCOc1ccc(C2=N/C(=C/c3cc(Cl)c(OCC(=O)N(C)C)c(OCC)c3)C(=O)O2)cc1. The molecule has 2 aromatic rings. The first-order chi connectivity index (χ1) is 15.8. The lowest BCUT2D eigenvalue weighted by molar-refractivity contribution is -0.131. The van der Waals surface area contributed by atoms with E-state index >= 15 is 0 Å². The first-order valence-electron chi connectivity index (χ1n) is 10.4. The molecule has 0 unspecified atom stereocenters. The molecule has 0 bridgehead atoms. The number of ether oxygens (including phenoxy) is 4. The fourth-order valence-electron chi connectivity index (χ4n) is 2.89. The van der Waals surface area contributed by atoms with Crippen LogP contribution in [-0.4, -0.2) is 56.6 Å². The lowest BCUT2D eigenvalue weighted by atomic mass is 10.1. The molecule has 9 heteroatoms. The van der Waals surface area contributed by atoms with Crippen LogP contribution in [0.5, 0.6) is 17.2 Å². The van der Waals surface area contributed by atoms with Crippen LogP contribution in [0.25, 0.3) is 6.08 Å². The zero-order chi connectivity index (χ0) is 24.0. The van der Waals surface area contributed by atoms with E-state index in [1.54, 1.807) is 56.6 Å². The Bertz CT molecular complexity index is 1090. The van der Waals surface area contributed by atoms with Crippen molar-refractivity contribution < 1.29 is 28.5 Å². The van der Waals surface area contributed by atoms with Gasteiger partial charge in [0.05, 0.1) is 18.2 Å². The molecule has 0 fully saturated rings. The summed E-state index contributed by atoms with van der Waals surface area (Å²) < 4.78 is 22.0. The highest BCUT2D eigenvalue weighted by Gasteiger charge is 2.25. The molecule has 0 spiro atoms. The number of aliphatic imine (C=N–C) groups is 1. The van der Waals surface area contributed by atoms with E-state index in [1.807, 2.05) is 13.8 Å². The van der Waals surface area contributed by atoms with Crippen molar-refractivity contribution in [1.29, 1.82) is 0 Å². The number of amides is 1. The number of hydrogen-bond acceptors (Lipinski definition) is 7. The second kappa shape index (κ2) is 10.9. The average molecular weight is 473 g/mol. The molecule has 174 valence electrons. The van der Waals surface area contributed by atoms with Crippen molar-refractivity contribution in [2.45, 2.75) is 13.8 Å². The van der Waals surface area contributed by atoms with Crippen molar-refractivity contribution in [2.75, 3.05) is 33.9 Å². The molecule has 1 aliphatic heterocycles. The van der Waals surface area contributed by atoms with Gasteiger partial charge in [0.25, 0.3) is 5.91 Å². The number of likely N-dealkylation sites (N-methyl/N-ethyl adjacent to an activating group) is 1. The lowest BCUT2D eigenvalue weighted by Crippen LogP contribution is -2.27. The second-order valence-corrected chi connectivity index (χ2v) is 7.54. The minimum atomic E-state index is -0.579. The molecule has 1 heterocycles. The number of rotatable bonds is 9. The normalized spacial score (nSPS) is 14.0. The number of hydrogen-bond donors (Lipinski definition) is 0. The maximum atomic E-state index is 12.4. The standard InChI is InChI=1S/C24H25ClN2O6/c1-5-30-17-9-7-16(8-10-17)23-26-19(24(29)33-23)12-15-11-18(25)22(20(13-15)31-6-2)32-14-21(28)27(3)4/h7-13H,5-6,14H2,1-4H3/b19-12+. The molecule has 0 saturated heterocycles. The number of carbonyl (C=O) groups is 2. The van der Waals surface area contributed by atoms with Crippen molar-refractivity contribution in [1.82, 2.24) is 4.90 Å². The van der Waals surface area contributed by atoms with Crippen LogP contribution in [0.4, 0.5) is 0 Å². The van der Waals surface area contributed by atoms with Crippen LogP contribution in [0.1, 0.15) is 25.0 Å². The Balaban J connectivity index is 1.86. The van der Waals surface area contributed by atoms with Crippen molar-refractivity contribution in [2.24, 2.45) is 4.99 Å². The van der Waals surface area contributed by atoms with Crippen LogP contribution in [0.3, 0.4) is 0 Å². The molecular weight excluding hydrogens is 448 g/mol. The highest BCUT2D eigenvalue weighted by molar-refractivity contribution is 6.32. The van der Waals surface area contributed by atoms with Crippen molar-refractivity contribution >= 4 is 35.5 Å². The number of benzene rings is 2. The number of nitrogens with zero attached hydrogens (tertiary/aromatic N) is 2. The van der Waals surface area contributed by atoms with Gasteiger partial charge in [0.2, 0.25) is 5.90 Å². The largest absolute Gasteiger partial charge is 0.494 e. The quantitative estimate of drug-likeness (QED) is 0.405. The van der Waals surface area contributed by atoms with E-state index in [0.717, 1.165) is 5.75 Å². The minimum absolute atomic E-state index is 0.119.